The minimum atomic E-state index is -0.103. The molecular weight excluding hydrogens is 372 g/mol. The number of benzene rings is 1. The highest BCUT2D eigenvalue weighted by molar-refractivity contribution is 7.20. The standard InChI is InChI=1S/C21H22N4O2S/c26-20(25-17-6-9-22-10-7-17)15-3-1-14(2-4-15)12-24-21(27)18-11-16-5-8-23-13-19(16)28-18/h1-5,8,11,13,17,22H,6-7,9-10,12H2,(H,24,27)(H,25,26). The summed E-state index contributed by atoms with van der Waals surface area (Å²) in [5.74, 6) is -0.143. The molecule has 0 unspecified atom stereocenters. The van der Waals surface area contributed by atoms with E-state index in [0.717, 1.165) is 41.6 Å². The van der Waals surface area contributed by atoms with Crippen LogP contribution in [0, 0.1) is 0 Å². The molecule has 0 aliphatic carbocycles. The Morgan fingerprint density at radius 3 is 2.64 bits per heavy atom. The summed E-state index contributed by atoms with van der Waals surface area (Å²) in [7, 11) is 0. The van der Waals surface area contributed by atoms with E-state index in [0.29, 0.717) is 17.0 Å². The van der Waals surface area contributed by atoms with Crippen LogP contribution in [0.15, 0.2) is 48.8 Å². The Morgan fingerprint density at radius 1 is 1.11 bits per heavy atom. The Balaban J connectivity index is 1.32. The molecule has 1 aliphatic rings. The molecule has 6 nitrogen and oxygen atoms in total. The van der Waals surface area contributed by atoms with E-state index in [1.165, 1.54) is 11.3 Å². The Labute approximate surface area is 167 Å². The highest BCUT2D eigenvalue weighted by atomic mass is 32.1. The number of amides is 2. The lowest BCUT2D eigenvalue weighted by molar-refractivity contribution is 0.0926. The molecular formula is C21H22N4O2S. The van der Waals surface area contributed by atoms with E-state index in [1.807, 2.05) is 36.4 Å². The third-order valence-corrected chi connectivity index (χ3v) is 5.97. The zero-order valence-corrected chi connectivity index (χ0v) is 16.2. The SMILES string of the molecule is O=C(NC1CCNCC1)c1ccc(CNC(=O)c2cc3ccncc3s2)cc1. The van der Waals surface area contributed by atoms with Gasteiger partial charge in [0.25, 0.3) is 11.8 Å². The first kappa shape index (κ1) is 18.6. The number of piperidine rings is 1. The molecule has 1 fully saturated rings. The maximum absolute atomic E-state index is 12.4. The largest absolute Gasteiger partial charge is 0.349 e. The van der Waals surface area contributed by atoms with Crippen LogP contribution >= 0.6 is 11.3 Å². The van der Waals surface area contributed by atoms with E-state index in [4.69, 9.17) is 0 Å². The highest BCUT2D eigenvalue weighted by Gasteiger charge is 2.16. The van der Waals surface area contributed by atoms with Gasteiger partial charge in [0.05, 0.1) is 9.58 Å². The summed E-state index contributed by atoms with van der Waals surface area (Å²) in [6.07, 6.45) is 5.41. The molecule has 0 atom stereocenters. The lowest BCUT2D eigenvalue weighted by Gasteiger charge is -2.23. The molecule has 7 heteroatoms. The Hall–Kier alpha value is -2.77. The van der Waals surface area contributed by atoms with Gasteiger partial charge in [-0.15, -0.1) is 11.3 Å². The quantitative estimate of drug-likeness (QED) is 0.621. The van der Waals surface area contributed by atoms with Crippen LogP contribution < -0.4 is 16.0 Å². The van der Waals surface area contributed by atoms with Crippen LogP contribution in [0.3, 0.4) is 0 Å². The lowest BCUT2D eigenvalue weighted by Crippen LogP contribution is -2.42. The summed E-state index contributed by atoms with van der Waals surface area (Å²) in [4.78, 5) is 29.5. The molecule has 4 rings (SSSR count). The second-order valence-corrected chi connectivity index (χ2v) is 7.99. The number of fused-ring (bicyclic) bond motifs is 1. The van der Waals surface area contributed by atoms with Crippen molar-refractivity contribution < 1.29 is 9.59 Å². The van der Waals surface area contributed by atoms with E-state index in [-0.39, 0.29) is 17.9 Å². The molecule has 0 spiro atoms. The Morgan fingerprint density at radius 2 is 1.89 bits per heavy atom. The van der Waals surface area contributed by atoms with Crippen molar-refractivity contribution in [2.45, 2.75) is 25.4 Å². The Bertz CT molecular complexity index is 944. The average Bonchev–Trinajstić information content (AvgIpc) is 3.17. The summed E-state index contributed by atoms with van der Waals surface area (Å²) < 4.78 is 0.997. The highest BCUT2D eigenvalue weighted by Crippen LogP contribution is 2.24. The number of aromatic nitrogens is 1. The van der Waals surface area contributed by atoms with Gasteiger partial charge in [-0.1, -0.05) is 12.1 Å². The molecule has 144 valence electrons. The molecule has 2 aromatic heterocycles. The molecule has 1 aliphatic heterocycles. The van der Waals surface area contributed by atoms with E-state index in [2.05, 4.69) is 20.9 Å². The number of hydrogen-bond acceptors (Lipinski definition) is 5. The first-order chi connectivity index (χ1) is 13.7. The predicted molar refractivity (Wildman–Crippen MR) is 111 cm³/mol. The maximum Gasteiger partial charge on any atom is 0.261 e. The van der Waals surface area contributed by atoms with Gasteiger partial charge in [0.1, 0.15) is 0 Å². The minimum Gasteiger partial charge on any atom is -0.349 e. The van der Waals surface area contributed by atoms with Crippen molar-refractivity contribution in [2.75, 3.05) is 13.1 Å². The number of hydrogen-bond donors (Lipinski definition) is 3. The molecule has 28 heavy (non-hydrogen) atoms. The number of carbonyl (C=O) groups excluding carboxylic acids is 2. The smallest absolute Gasteiger partial charge is 0.261 e. The van der Waals surface area contributed by atoms with Gasteiger partial charge in [-0.2, -0.15) is 0 Å². The topological polar surface area (TPSA) is 83.1 Å². The number of nitrogens with zero attached hydrogens (tertiary/aromatic N) is 1. The van der Waals surface area contributed by atoms with Crippen molar-refractivity contribution in [1.29, 1.82) is 0 Å². The van der Waals surface area contributed by atoms with Crippen LogP contribution in [0.5, 0.6) is 0 Å². The van der Waals surface area contributed by atoms with Crippen molar-refractivity contribution in [3.63, 3.8) is 0 Å². The summed E-state index contributed by atoms with van der Waals surface area (Å²) >= 11 is 1.43. The lowest BCUT2D eigenvalue weighted by atomic mass is 10.1. The fraction of sp³-hybridized carbons (Fsp3) is 0.286. The van der Waals surface area contributed by atoms with Gasteiger partial charge in [0.15, 0.2) is 0 Å². The van der Waals surface area contributed by atoms with Crippen LogP contribution in [-0.2, 0) is 6.54 Å². The summed E-state index contributed by atoms with van der Waals surface area (Å²) in [6.45, 7) is 2.31. The van der Waals surface area contributed by atoms with E-state index >= 15 is 0 Å². The number of carbonyl (C=O) groups is 2. The normalized spacial score (nSPS) is 14.7. The fourth-order valence-corrected chi connectivity index (χ4v) is 4.22. The van der Waals surface area contributed by atoms with Gasteiger partial charge in [-0.05, 0) is 61.1 Å². The minimum absolute atomic E-state index is 0.0404. The average molecular weight is 395 g/mol. The molecule has 3 N–H and O–H groups in total. The van der Waals surface area contributed by atoms with Crippen molar-refractivity contribution in [3.05, 3.63) is 64.8 Å². The Kier molecular flexibility index (Phi) is 5.64. The number of rotatable bonds is 5. The van der Waals surface area contributed by atoms with Crippen LogP contribution in [0.4, 0.5) is 0 Å². The van der Waals surface area contributed by atoms with Crippen molar-refractivity contribution in [2.24, 2.45) is 0 Å². The number of thiophene rings is 1. The van der Waals surface area contributed by atoms with E-state index < -0.39 is 0 Å². The van der Waals surface area contributed by atoms with Crippen molar-refractivity contribution in [1.82, 2.24) is 20.9 Å². The third-order valence-electron chi connectivity index (χ3n) is 4.89. The van der Waals surface area contributed by atoms with Crippen LogP contribution in [0.25, 0.3) is 10.1 Å². The van der Waals surface area contributed by atoms with Gasteiger partial charge in [0.2, 0.25) is 0 Å². The van der Waals surface area contributed by atoms with Gasteiger partial charge >= 0.3 is 0 Å². The molecule has 1 saturated heterocycles. The predicted octanol–water partition coefficient (Wildman–Crippen LogP) is 2.71. The van der Waals surface area contributed by atoms with Crippen molar-refractivity contribution in [3.8, 4) is 0 Å². The second kappa shape index (κ2) is 8.50. The first-order valence-corrected chi connectivity index (χ1v) is 10.2. The van der Waals surface area contributed by atoms with Crippen LogP contribution in [-0.4, -0.2) is 35.9 Å². The molecule has 0 radical (unpaired) electrons. The first-order valence-electron chi connectivity index (χ1n) is 9.41. The monoisotopic (exact) mass is 394 g/mol. The summed E-state index contributed by atoms with van der Waals surface area (Å²) in [5, 5.41) is 10.3. The molecule has 3 aromatic rings. The number of pyridine rings is 1. The molecule has 2 amide bonds. The van der Waals surface area contributed by atoms with E-state index in [1.54, 1.807) is 12.4 Å². The summed E-state index contributed by atoms with van der Waals surface area (Å²) in [6, 6.07) is 11.4. The number of nitrogens with one attached hydrogen (secondary N) is 3. The van der Waals surface area contributed by atoms with Crippen LogP contribution in [0.1, 0.15) is 38.4 Å². The third kappa shape index (κ3) is 4.37. The molecule has 3 heterocycles. The van der Waals surface area contributed by atoms with Gasteiger partial charge in [-0.3, -0.25) is 14.6 Å². The zero-order chi connectivity index (χ0) is 19.3. The maximum atomic E-state index is 12.4. The fourth-order valence-electron chi connectivity index (χ4n) is 3.27. The van der Waals surface area contributed by atoms with Gasteiger partial charge in [-0.25, -0.2) is 0 Å². The van der Waals surface area contributed by atoms with Gasteiger partial charge in [0, 0.05) is 30.5 Å². The molecule has 0 saturated carbocycles. The molecule has 0 bridgehead atoms. The van der Waals surface area contributed by atoms with Crippen molar-refractivity contribution >= 4 is 33.2 Å². The van der Waals surface area contributed by atoms with Gasteiger partial charge < -0.3 is 16.0 Å². The second-order valence-electron chi connectivity index (χ2n) is 6.90. The van der Waals surface area contributed by atoms with E-state index in [9.17, 15) is 9.59 Å². The zero-order valence-electron chi connectivity index (χ0n) is 15.4. The summed E-state index contributed by atoms with van der Waals surface area (Å²) in [5.41, 5.74) is 1.60. The van der Waals surface area contributed by atoms with Crippen LogP contribution in [0.2, 0.25) is 0 Å². The molecule has 1 aromatic carbocycles.